The van der Waals surface area contributed by atoms with Gasteiger partial charge in [-0.1, -0.05) is 84.1 Å². The number of aromatic nitrogens is 3. The van der Waals surface area contributed by atoms with Crippen LogP contribution in [-0.2, 0) is 10.2 Å². The van der Waals surface area contributed by atoms with Gasteiger partial charge in [0.05, 0.1) is 12.2 Å². The minimum absolute atomic E-state index is 0.0700. The number of nitrogens with zero attached hydrogens (tertiary/aromatic N) is 3. The van der Waals surface area contributed by atoms with Crippen molar-refractivity contribution in [1.82, 2.24) is 15.0 Å². The summed E-state index contributed by atoms with van der Waals surface area (Å²) in [6.45, 7) is 10.8. The van der Waals surface area contributed by atoms with Crippen molar-refractivity contribution in [2.24, 2.45) is 0 Å². The SMILES string of the molecule is CCCCCCCCOc1ccc(-c2ncnc(-c3ccc(C(C)(C)C)cc3)n2)c(OC(C)=O)c1. The van der Waals surface area contributed by atoms with Crippen LogP contribution in [0.25, 0.3) is 22.8 Å². The van der Waals surface area contributed by atoms with Gasteiger partial charge in [-0.2, -0.15) is 0 Å². The number of ether oxygens (including phenoxy) is 2. The van der Waals surface area contributed by atoms with E-state index in [1.807, 2.05) is 24.3 Å². The Kier molecular flexibility index (Phi) is 9.35. The molecule has 0 amide bonds. The fourth-order valence-electron chi connectivity index (χ4n) is 3.77. The maximum atomic E-state index is 11.8. The monoisotopic (exact) mass is 475 g/mol. The lowest BCUT2D eigenvalue weighted by Gasteiger charge is -2.19. The van der Waals surface area contributed by atoms with Gasteiger partial charge in [-0.25, -0.2) is 15.0 Å². The van der Waals surface area contributed by atoms with Gasteiger partial charge in [0.15, 0.2) is 11.6 Å². The van der Waals surface area contributed by atoms with E-state index < -0.39 is 5.97 Å². The van der Waals surface area contributed by atoms with Crippen molar-refractivity contribution < 1.29 is 14.3 Å². The van der Waals surface area contributed by atoms with Crippen LogP contribution in [0.15, 0.2) is 48.8 Å². The molecule has 6 nitrogen and oxygen atoms in total. The van der Waals surface area contributed by atoms with E-state index in [9.17, 15) is 4.79 Å². The third-order valence-electron chi connectivity index (χ3n) is 5.80. The number of hydrogen-bond donors (Lipinski definition) is 0. The Hall–Kier alpha value is -3.28. The zero-order chi connectivity index (χ0) is 25.3. The van der Waals surface area contributed by atoms with Gasteiger partial charge >= 0.3 is 5.97 Å². The molecule has 0 saturated carbocycles. The quantitative estimate of drug-likeness (QED) is 0.166. The highest BCUT2D eigenvalue weighted by molar-refractivity contribution is 5.75. The first kappa shape index (κ1) is 26.3. The molecule has 0 radical (unpaired) electrons. The van der Waals surface area contributed by atoms with Crippen LogP contribution in [-0.4, -0.2) is 27.5 Å². The smallest absolute Gasteiger partial charge is 0.308 e. The molecule has 0 aliphatic heterocycles. The minimum atomic E-state index is -0.411. The van der Waals surface area contributed by atoms with Crippen LogP contribution in [0, 0.1) is 0 Å². The van der Waals surface area contributed by atoms with E-state index in [2.05, 4.69) is 54.8 Å². The molecule has 0 spiro atoms. The Morgan fingerprint density at radius 1 is 0.886 bits per heavy atom. The van der Waals surface area contributed by atoms with Gasteiger partial charge in [-0.15, -0.1) is 0 Å². The number of rotatable bonds is 11. The van der Waals surface area contributed by atoms with E-state index in [-0.39, 0.29) is 5.41 Å². The third-order valence-corrected chi connectivity index (χ3v) is 5.80. The molecule has 6 heteroatoms. The van der Waals surface area contributed by atoms with Gasteiger partial charge in [0, 0.05) is 18.6 Å². The van der Waals surface area contributed by atoms with Crippen LogP contribution in [0.4, 0.5) is 0 Å². The number of benzene rings is 2. The minimum Gasteiger partial charge on any atom is -0.493 e. The Balaban J connectivity index is 1.77. The molecule has 35 heavy (non-hydrogen) atoms. The van der Waals surface area contributed by atoms with Crippen molar-refractivity contribution in [2.75, 3.05) is 6.61 Å². The molecule has 0 aliphatic rings. The van der Waals surface area contributed by atoms with E-state index >= 15 is 0 Å². The van der Waals surface area contributed by atoms with Crippen molar-refractivity contribution in [3.63, 3.8) is 0 Å². The highest BCUT2D eigenvalue weighted by atomic mass is 16.5. The second-order valence-electron chi connectivity index (χ2n) is 9.83. The molecule has 186 valence electrons. The average Bonchev–Trinajstić information content (AvgIpc) is 2.83. The van der Waals surface area contributed by atoms with E-state index in [0.29, 0.717) is 35.3 Å². The predicted octanol–water partition coefficient (Wildman–Crippen LogP) is 7.17. The first-order chi connectivity index (χ1) is 16.8. The zero-order valence-electron chi connectivity index (χ0n) is 21.6. The average molecular weight is 476 g/mol. The molecular formula is C29H37N3O3. The van der Waals surface area contributed by atoms with Crippen LogP contribution in [0.1, 0.15) is 78.7 Å². The van der Waals surface area contributed by atoms with Crippen LogP contribution >= 0.6 is 0 Å². The summed E-state index contributed by atoms with van der Waals surface area (Å²) in [4.78, 5) is 25.1. The van der Waals surface area contributed by atoms with E-state index in [1.54, 1.807) is 6.07 Å². The van der Waals surface area contributed by atoms with Gasteiger partial charge in [-0.05, 0) is 29.5 Å². The lowest BCUT2D eigenvalue weighted by Crippen LogP contribution is -2.10. The van der Waals surface area contributed by atoms with Crippen molar-refractivity contribution in [3.05, 3.63) is 54.4 Å². The molecule has 1 aromatic heterocycles. The van der Waals surface area contributed by atoms with Gasteiger partial charge < -0.3 is 9.47 Å². The largest absolute Gasteiger partial charge is 0.493 e. The highest BCUT2D eigenvalue weighted by Crippen LogP contribution is 2.33. The zero-order valence-corrected chi connectivity index (χ0v) is 21.6. The summed E-state index contributed by atoms with van der Waals surface area (Å²) in [5.41, 5.74) is 2.82. The fourth-order valence-corrected chi connectivity index (χ4v) is 3.77. The van der Waals surface area contributed by atoms with Crippen LogP contribution in [0.3, 0.4) is 0 Å². The van der Waals surface area contributed by atoms with E-state index in [4.69, 9.17) is 9.47 Å². The fraction of sp³-hybridized carbons (Fsp3) is 0.448. The lowest BCUT2D eigenvalue weighted by molar-refractivity contribution is -0.131. The first-order valence-electron chi connectivity index (χ1n) is 12.5. The second-order valence-corrected chi connectivity index (χ2v) is 9.83. The van der Waals surface area contributed by atoms with Crippen LogP contribution < -0.4 is 9.47 Å². The second kappa shape index (κ2) is 12.4. The number of unbranched alkanes of at least 4 members (excludes halogenated alkanes) is 5. The number of hydrogen-bond acceptors (Lipinski definition) is 6. The molecule has 0 unspecified atom stereocenters. The number of carbonyl (C=O) groups is 1. The van der Waals surface area contributed by atoms with Crippen molar-refractivity contribution in [3.8, 4) is 34.3 Å². The van der Waals surface area contributed by atoms with Crippen molar-refractivity contribution in [1.29, 1.82) is 0 Å². The maximum absolute atomic E-state index is 11.8. The molecule has 2 aromatic carbocycles. The Morgan fingerprint density at radius 3 is 2.26 bits per heavy atom. The summed E-state index contributed by atoms with van der Waals surface area (Å²) >= 11 is 0. The topological polar surface area (TPSA) is 74.2 Å². The van der Waals surface area contributed by atoms with Gasteiger partial charge in [0.2, 0.25) is 0 Å². The van der Waals surface area contributed by atoms with Crippen LogP contribution in [0.2, 0.25) is 0 Å². The molecule has 1 heterocycles. The molecule has 0 aliphatic carbocycles. The number of esters is 1. The molecule has 0 saturated heterocycles. The predicted molar refractivity (Wildman–Crippen MR) is 140 cm³/mol. The summed E-state index contributed by atoms with van der Waals surface area (Å²) < 4.78 is 11.4. The molecule has 3 aromatic rings. The molecule has 0 N–H and O–H groups in total. The van der Waals surface area contributed by atoms with Gasteiger partial charge in [-0.3, -0.25) is 4.79 Å². The summed E-state index contributed by atoms with van der Waals surface area (Å²) in [6.07, 6.45) is 8.67. The molecule has 0 bridgehead atoms. The van der Waals surface area contributed by atoms with Crippen molar-refractivity contribution >= 4 is 5.97 Å². The van der Waals surface area contributed by atoms with Gasteiger partial charge in [0.25, 0.3) is 0 Å². The molecule has 0 atom stereocenters. The Labute approximate surface area is 209 Å². The van der Waals surface area contributed by atoms with Crippen molar-refractivity contribution in [2.45, 2.75) is 78.6 Å². The van der Waals surface area contributed by atoms with E-state index in [0.717, 1.165) is 18.4 Å². The Bertz CT molecular complexity index is 1100. The molecular weight excluding hydrogens is 438 g/mol. The van der Waals surface area contributed by atoms with Gasteiger partial charge in [0.1, 0.15) is 17.8 Å². The molecule has 3 rings (SSSR count). The maximum Gasteiger partial charge on any atom is 0.308 e. The van der Waals surface area contributed by atoms with Crippen LogP contribution in [0.5, 0.6) is 11.5 Å². The summed E-state index contributed by atoms with van der Waals surface area (Å²) in [6, 6.07) is 13.7. The first-order valence-corrected chi connectivity index (χ1v) is 12.5. The number of carbonyl (C=O) groups excluding carboxylic acids is 1. The van der Waals surface area contributed by atoms with E-state index in [1.165, 1.54) is 44.5 Å². The summed E-state index contributed by atoms with van der Waals surface area (Å²) in [7, 11) is 0. The third kappa shape index (κ3) is 7.88. The standard InChI is InChI=1S/C29H37N3O3/c1-6-7-8-9-10-11-18-34-24-16-17-25(26(19-24)35-21(2)33)28-31-20-30-27(32-28)22-12-14-23(15-13-22)29(3,4)5/h12-17,19-20H,6-11,18H2,1-5H3. The summed E-state index contributed by atoms with van der Waals surface area (Å²) in [5.74, 6) is 1.62. The summed E-state index contributed by atoms with van der Waals surface area (Å²) in [5, 5.41) is 0. The lowest BCUT2D eigenvalue weighted by atomic mass is 9.87. The Morgan fingerprint density at radius 2 is 1.57 bits per heavy atom. The highest BCUT2D eigenvalue weighted by Gasteiger charge is 2.16. The molecule has 0 fully saturated rings. The normalized spacial score (nSPS) is 11.3.